The van der Waals surface area contributed by atoms with Crippen molar-refractivity contribution in [3.8, 4) is 0 Å². The van der Waals surface area contributed by atoms with Gasteiger partial charge >= 0.3 is 6.03 Å². The minimum absolute atomic E-state index is 0.00176. The van der Waals surface area contributed by atoms with E-state index in [9.17, 15) is 9.59 Å². The quantitative estimate of drug-likeness (QED) is 0.397. The highest BCUT2D eigenvalue weighted by Crippen LogP contribution is 2.31. The van der Waals surface area contributed by atoms with Gasteiger partial charge in [-0.05, 0) is 76.9 Å². The van der Waals surface area contributed by atoms with Crippen LogP contribution < -0.4 is 5.32 Å². The number of nitrogens with zero attached hydrogens (tertiary/aromatic N) is 3. The Hall–Kier alpha value is -2.60. The largest absolute Gasteiger partial charge is 0.347 e. The Labute approximate surface area is 210 Å². The van der Waals surface area contributed by atoms with Gasteiger partial charge in [-0.2, -0.15) is 0 Å². The molecule has 2 fully saturated rings. The summed E-state index contributed by atoms with van der Waals surface area (Å²) in [6, 6.07) is 12.6. The number of amides is 2. The maximum atomic E-state index is 13.4. The van der Waals surface area contributed by atoms with Gasteiger partial charge in [-0.15, -0.1) is 0 Å². The molecule has 0 bridgehead atoms. The van der Waals surface area contributed by atoms with E-state index >= 15 is 0 Å². The molecule has 4 rings (SSSR count). The number of aromatic nitrogens is 1. The van der Waals surface area contributed by atoms with Gasteiger partial charge in [-0.25, -0.2) is 4.79 Å². The van der Waals surface area contributed by atoms with Crippen molar-refractivity contribution in [2.24, 2.45) is 0 Å². The fraction of sp³-hybridized carbons (Fsp3) is 0.586. The Kier molecular flexibility index (Phi) is 9.02. The maximum Gasteiger partial charge on any atom is 0.322 e. The van der Waals surface area contributed by atoms with Gasteiger partial charge in [-0.1, -0.05) is 44.2 Å². The van der Waals surface area contributed by atoms with E-state index in [1.54, 1.807) is 19.1 Å². The van der Waals surface area contributed by atoms with E-state index in [1.807, 2.05) is 17.0 Å². The number of urea groups is 1. The Morgan fingerprint density at radius 1 is 0.971 bits per heavy atom. The summed E-state index contributed by atoms with van der Waals surface area (Å²) >= 11 is 0. The van der Waals surface area contributed by atoms with Crippen molar-refractivity contribution in [3.63, 3.8) is 0 Å². The normalized spacial score (nSPS) is 17.1. The number of carbonyl (C=O) groups is 2. The van der Waals surface area contributed by atoms with Gasteiger partial charge in [0.1, 0.15) is 0 Å². The Bertz CT molecular complexity index is 973. The molecule has 0 aliphatic heterocycles. The lowest BCUT2D eigenvalue weighted by Crippen LogP contribution is -2.39. The molecule has 0 saturated heterocycles. The highest BCUT2D eigenvalue weighted by molar-refractivity contribution is 5.96. The molecule has 1 heterocycles. The molecule has 2 aliphatic rings. The zero-order valence-electron chi connectivity index (χ0n) is 21.5. The molecule has 0 radical (unpaired) electrons. The SMILES string of the molecule is CC(=O)c1cccc(NC(=O)N(CCCN(C)C2CCCCC2)Cc2cccn2C2CCCC2)c1. The number of nitrogens with one attached hydrogen (secondary N) is 1. The minimum Gasteiger partial charge on any atom is -0.347 e. The van der Waals surface area contributed by atoms with E-state index in [2.05, 4.69) is 40.2 Å². The van der Waals surface area contributed by atoms with Crippen molar-refractivity contribution in [1.82, 2.24) is 14.4 Å². The number of Topliss-reactive ketones (excluding diaryl/α,β-unsaturated/α-hetero) is 1. The molecule has 6 nitrogen and oxygen atoms in total. The lowest BCUT2D eigenvalue weighted by molar-refractivity contribution is 0.101. The van der Waals surface area contributed by atoms with E-state index in [0.29, 0.717) is 36.4 Å². The van der Waals surface area contributed by atoms with Crippen molar-refractivity contribution in [2.45, 2.75) is 89.8 Å². The molecule has 1 aromatic carbocycles. The highest BCUT2D eigenvalue weighted by atomic mass is 16.2. The van der Waals surface area contributed by atoms with Gasteiger partial charge in [0.15, 0.2) is 5.78 Å². The monoisotopic (exact) mass is 478 g/mol. The third-order valence-corrected chi connectivity index (χ3v) is 7.88. The van der Waals surface area contributed by atoms with E-state index in [4.69, 9.17) is 0 Å². The van der Waals surface area contributed by atoms with Crippen molar-refractivity contribution < 1.29 is 9.59 Å². The predicted octanol–water partition coefficient (Wildman–Crippen LogP) is 6.49. The first-order valence-corrected chi connectivity index (χ1v) is 13.5. The predicted molar refractivity (Wildman–Crippen MR) is 142 cm³/mol. The Morgan fingerprint density at radius 2 is 1.71 bits per heavy atom. The summed E-state index contributed by atoms with van der Waals surface area (Å²) in [5.41, 5.74) is 2.47. The second kappa shape index (κ2) is 12.4. The summed E-state index contributed by atoms with van der Waals surface area (Å²) < 4.78 is 2.39. The van der Waals surface area contributed by atoms with Gasteiger partial charge in [0.25, 0.3) is 0 Å². The third kappa shape index (κ3) is 6.97. The van der Waals surface area contributed by atoms with E-state index < -0.39 is 0 Å². The molecule has 0 atom stereocenters. The standard InChI is InChI=1S/C29H42N4O2/c1-23(34)24-11-8-12-25(21-24)30-29(35)32(19-10-18-31(2)26-13-4-3-5-14-26)22-28-17-9-20-33(28)27-15-6-7-16-27/h8-9,11-12,17,20-21,26-27H,3-7,10,13-16,18-19,22H2,1-2H3,(H,30,35). The summed E-state index contributed by atoms with van der Waals surface area (Å²) in [6.07, 6.45) is 14.7. The van der Waals surface area contributed by atoms with Crippen molar-refractivity contribution >= 4 is 17.5 Å². The fourth-order valence-electron chi connectivity index (χ4n) is 5.78. The van der Waals surface area contributed by atoms with Crippen LogP contribution >= 0.6 is 0 Å². The molecule has 190 valence electrons. The Morgan fingerprint density at radius 3 is 2.46 bits per heavy atom. The van der Waals surface area contributed by atoms with Crippen LogP contribution in [0.25, 0.3) is 0 Å². The molecule has 0 unspecified atom stereocenters. The second-order valence-corrected chi connectivity index (χ2v) is 10.5. The maximum absolute atomic E-state index is 13.4. The fourth-order valence-corrected chi connectivity index (χ4v) is 5.78. The van der Waals surface area contributed by atoms with Gasteiger partial charge < -0.3 is 19.7 Å². The van der Waals surface area contributed by atoms with Gasteiger partial charge in [0.05, 0.1) is 6.54 Å². The first-order chi connectivity index (χ1) is 17.0. The van der Waals surface area contributed by atoms with Crippen molar-refractivity contribution in [2.75, 3.05) is 25.5 Å². The molecule has 2 amide bonds. The molecule has 2 aromatic rings. The van der Waals surface area contributed by atoms with Crippen LogP contribution in [-0.2, 0) is 6.54 Å². The van der Waals surface area contributed by atoms with E-state index in [1.165, 1.54) is 63.5 Å². The van der Waals surface area contributed by atoms with Crippen molar-refractivity contribution in [1.29, 1.82) is 0 Å². The lowest BCUT2D eigenvalue weighted by atomic mass is 9.94. The first kappa shape index (κ1) is 25.5. The summed E-state index contributed by atoms with van der Waals surface area (Å²) in [5, 5.41) is 3.05. The number of carbonyl (C=O) groups excluding carboxylic acids is 2. The van der Waals surface area contributed by atoms with Crippen LogP contribution in [0.15, 0.2) is 42.6 Å². The number of hydrogen-bond donors (Lipinski definition) is 1. The minimum atomic E-state index is -0.106. The molecular formula is C29H42N4O2. The van der Waals surface area contributed by atoms with Gasteiger partial charge in [0, 0.05) is 41.8 Å². The van der Waals surface area contributed by atoms with Crippen LogP contribution in [-0.4, -0.2) is 52.4 Å². The molecule has 2 aliphatic carbocycles. The van der Waals surface area contributed by atoms with Crippen LogP contribution in [0.1, 0.15) is 93.2 Å². The molecule has 1 N–H and O–H groups in total. The van der Waals surface area contributed by atoms with Crippen LogP contribution in [0.5, 0.6) is 0 Å². The molecular weight excluding hydrogens is 436 g/mol. The molecule has 35 heavy (non-hydrogen) atoms. The molecule has 6 heteroatoms. The number of rotatable bonds is 10. The second-order valence-electron chi connectivity index (χ2n) is 10.5. The van der Waals surface area contributed by atoms with E-state index in [0.717, 1.165) is 13.0 Å². The smallest absolute Gasteiger partial charge is 0.322 e. The van der Waals surface area contributed by atoms with Gasteiger partial charge in [-0.3, -0.25) is 4.79 Å². The molecule has 2 saturated carbocycles. The Balaban J connectivity index is 1.43. The molecule has 1 aromatic heterocycles. The number of anilines is 1. The summed E-state index contributed by atoms with van der Waals surface area (Å²) in [5.74, 6) is -0.00176. The van der Waals surface area contributed by atoms with Crippen LogP contribution in [0.2, 0.25) is 0 Å². The summed E-state index contributed by atoms with van der Waals surface area (Å²) in [6.45, 7) is 3.84. The average Bonchev–Trinajstić information content (AvgIpc) is 3.56. The number of benzene rings is 1. The third-order valence-electron chi connectivity index (χ3n) is 7.88. The number of hydrogen-bond acceptors (Lipinski definition) is 3. The van der Waals surface area contributed by atoms with Crippen LogP contribution in [0, 0.1) is 0 Å². The van der Waals surface area contributed by atoms with Crippen LogP contribution in [0.4, 0.5) is 10.5 Å². The zero-order valence-corrected chi connectivity index (χ0v) is 21.5. The van der Waals surface area contributed by atoms with E-state index in [-0.39, 0.29) is 11.8 Å². The average molecular weight is 479 g/mol. The molecule has 0 spiro atoms. The van der Waals surface area contributed by atoms with Crippen molar-refractivity contribution in [3.05, 3.63) is 53.9 Å². The van der Waals surface area contributed by atoms with Gasteiger partial charge in [0.2, 0.25) is 0 Å². The first-order valence-electron chi connectivity index (χ1n) is 13.5. The lowest BCUT2D eigenvalue weighted by Gasteiger charge is -2.32. The zero-order chi connectivity index (χ0) is 24.6. The number of ketones is 1. The summed E-state index contributed by atoms with van der Waals surface area (Å²) in [4.78, 5) is 29.7. The topological polar surface area (TPSA) is 57.6 Å². The summed E-state index contributed by atoms with van der Waals surface area (Å²) in [7, 11) is 2.24. The highest BCUT2D eigenvalue weighted by Gasteiger charge is 2.22. The van der Waals surface area contributed by atoms with Crippen LogP contribution in [0.3, 0.4) is 0 Å².